The molecule has 2 aliphatic rings. The van der Waals surface area contributed by atoms with E-state index in [2.05, 4.69) is 21.5 Å². The van der Waals surface area contributed by atoms with E-state index in [4.69, 9.17) is 0 Å². The van der Waals surface area contributed by atoms with Crippen molar-refractivity contribution in [2.24, 2.45) is 13.0 Å². The minimum absolute atomic E-state index is 0.00287. The van der Waals surface area contributed by atoms with Gasteiger partial charge in [0.05, 0.1) is 5.92 Å². The molecule has 24 heavy (non-hydrogen) atoms. The molecule has 0 aromatic carbocycles. The molecule has 7 heteroatoms. The minimum Gasteiger partial charge on any atom is -0.352 e. The van der Waals surface area contributed by atoms with Crippen LogP contribution in [0.5, 0.6) is 0 Å². The largest absolute Gasteiger partial charge is 0.352 e. The van der Waals surface area contributed by atoms with Crippen LogP contribution in [-0.4, -0.2) is 25.2 Å². The van der Waals surface area contributed by atoms with Gasteiger partial charge in [-0.15, -0.1) is 0 Å². The van der Waals surface area contributed by atoms with Gasteiger partial charge in [0.2, 0.25) is 5.91 Å². The summed E-state index contributed by atoms with van der Waals surface area (Å²) in [6.45, 7) is 0.903. The first-order chi connectivity index (χ1) is 11.6. The quantitative estimate of drug-likeness (QED) is 0.882. The van der Waals surface area contributed by atoms with Crippen molar-refractivity contribution in [3.63, 3.8) is 0 Å². The van der Waals surface area contributed by atoms with Crippen LogP contribution in [0, 0.1) is 5.92 Å². The number of carbonyl (C=O) groups excluding carboxylic acids is 1. The Balaban J connectivity index is 1.40. The molecule has 0 fully saturated rings. The lowest BCUT2D eigenvalue weighted by Crippen LogP contribution is -2.38. The van der Waals surface area contributed by atoms with Gasteiger partial charge in [-0.25, -0.2) is 9.48 Å². The van der Waals surface area contributed by atoms with Gasteiger partial charge in [-0.1, -0.05) is 6.07 Å². The number of hydrogen-bond donors (Lipinski definition) is 1. The van der Waals surface area contributed by atoms with Crippen LogP contribution in [-0.2, 0) is 44.2 Å². The number of aryl methyl sites for hydroxylation is 4. The van der Waals surface area contributed by atoms with E-state index in [0.29, 0.717) is 19.5 Å². The standard InChI is InChI=1S/C17H21N5O2/c1-21-17(24)22-10-13(5-6-15(22)20-21)16(23)19-9-11-7-12-3-2-4-14(12)18-8-11/h7-8,13H,2-6,9-10H2,1H3,(H,19,23). The molecule has 0 saturated carbocycles. The Hall–Kier alpha value is -2.44. The van der Waals surface area contributed by atoms with Crippen LogP contribution in [0.4, 0.5) is 0 Å². The van der Waals surface area contributed by atoms with E-state index in [1.54, 1.807) is 11.6 Å². The maximum absolute atomic E-state index is 12.5. The highest BCUT2D eigenvalue weighted by Crippen LogP contribution is 2.21. The van der Waals surface area contributed by atoms with Crippen LogP contribution < -0.4 is 11.0 Å². The molecule has 0 spiro atoms. The lowest BCUT2D eigenvalue weighted by atomic mass is 9.98. The Morgan fingerprint density at radius 3 is 3.12 bits per heavy atom. The Morgan fingerprint density at radius 1 is 1.38 bits per heavy atom. The summed E-state index contributed by atoms with van der Waals surface area (Å²) in [5.74, 6) is 0.591. The summed E-state index contributed by atoms with van der Waals surface area (Å²) in [4.78, 5) is 28.9. The number of hydrogen-bond acceptors (Lipinski definition) is 4. The first-order valence-electron chi connectivity index (χ1n) is 8.49. The molecule has 1 unspecified atom stereocenters. The van der Waals surface area contributed by atoms with Gasteiger partial charge in [0.25, 0.3) is 0 Å². The molecule has 0 bridgehead atoms. The fourth-order valence-electron chi connectivity index (χ4n) is 3.66. The number of nitrogens with one attached hydrogen (secondary N) is 1. The summed E-state index contributed by atoms with van der Waals surface area (Å²) >= 11 is 0. The van der Waals surface area contributed by atoms with Crippen LogP contribution in [0.15, 0.2) is 17.1 Å². The molecule has 0 saturated heterocycles. The molecule has 3 heterocycles. The summed E-state index contributed by atoms with van der Waals surface area (Å²) in [5, 5.41) is 7.19. The van der Waals surface area contributed by atoms with E-state index in [-0.39, 0.29) is 17.5 Å². The Bertz CT molecular complexity index is 851. The Labute approximate surface area is 139 Å². The lowest BCUT2D eigenvalue weighted by Gasteiger charge is -2.21. The van der Waals surface area contributed by atoms with Crippen LogP contribution in [0.25, 0.3) is 0 Å². The second kappa shape index (κ2) is 5.89. The number of aromatic nitrogens is 4. The van der Waals surface area contributed by atoms with Gasteiger partial charge in [0, 0.05) is 38.4 Å². The fraction of sp³-hybridized carbons (Fsp3) is 0.529. The van der Waals surface area contributed by atoms with Crippen molar-refractivity contribution < 1.29 is 4.79 Å². The topological polar surface area (TPSA) is 81.8 Å². The molecule has 1 amide bonds. The molecule has 1 aliphatic carbocycles. The van der Waals surface area contributed by atoms with Crippen molar-refractivity contribution in [3.8, 4) is 0 Å². The van der Waals surface area contributed by atoms with Gasteiger partial charge in [-0.3, -0.25) is 14.3 Å². The molecular formula is C17H21N5O2. The average Bonchev–Trinajstić information content (AvgIpc) is 3.17. The third kappa shape index (κ3) is 2.64. The van der Waals surface area contributed by atoms with E-state index < -0.39 is 0 Å². The van der Waals surface area contributed by atoms with Crippen molar-refractivity contribution >= 4 is 5.91 Å². The van der Waals surface area contributed by atoms with Crippen LogP contribution >= 0.6 is 0 Å². The van der Waals surface area contributed by atoms with Crippen LogP contribution in [0.3, 0.4) is 0 Å². The van der Waals surface area contributed by atoms with E-state index in [1.807, 2.05) is 6.20 Å². The van der Waals surface area contributed by atoms with Gasteiger partial charge in [0.15, 0.2) is 0 Å². The number of carbonyl (C=O) groups is 1. The number of pyridine rings is 1. The molecule has 1 aliphatic heterocycles. The molecule has 126 valence electrons. The number of nitrogens with zero attached hydrogens (tertiary/aromatic N) is 4. The monoisotopic (exact) mass is 327 g/mol. The second-order valence-corrected chi connectivity index (χ2v) is 6.69. The van der Waals surface area contributed by atoms with Crippen molar-refractivity contribution in [1.29, 1.82) is 0 Å². The third-order valence-electron chi connectivity index (χ3n) is 5.02. The number of rotatable bonds is 3. The zero-order valence-electron chi connectivity index (χ0n) is 13.8. The van der Waals surface area contributed by atoms with E-state index in [9.17, 15) is 9.59 Å². The molecular weight excluding hydrogens is 306 g/mol. The lowest BCUT2D eigenvalue weighted by molar-refractivity contribution is -0.126. The first-order valence-corrected chi connectivity index (χ1v) is 8.49. The Kier molecular flexibility index (Phi) is 3.70. The molecule has 4 rings (SSSR count). The normalized spacial score (nSPS) is 19.0. The zero-order chi connectivity index (χ0) is 16.7. The van der Waals surface area contributed by atoms with E-state index in [1.165, 1.54) is 22.4 Å². The molecule has 7 nitrogen and oxygen atoms in total. The SMILES string of the molecule is Cn1nc2n(c1=O)CC(C(=O)NCc1cnc3c(c1)CCC3)CC2. The van der Waals surface area contributed by atoms with Gasteiger partial charge >= 0.3 is 5.69 Å². The molecule has 1 N–H and O–H groups in total. The highest BCUT2D eigenvalue weighted by atomic mass is 16.2. The maximum atomic E-state index is 12.5. The van der Waals surface area contributed by atoms with Crippen molar-refractivity contribution in [2.45, 2.75) is 45.2 Å². The van der Waals surface area contributed by atoms with E-state index >= 15 is 0 Å². The fourth-order valence-corrected chi connectivity index (χ4v) is 3.66. The number of amides is 1. The highest BCUT2D eigenvalue weighted by Gasteiger charge is 2.27. The van der Waals surface area contributed by atoms with Crippen LogP contribution in [0.1, 0.15) is 35.5 Å². The highest BCUT2D eigenvalue weighted by molar-refractivity contribution is 5.78. The molecule has 2 aromatic rings. The predicted molar refractivity (Wildman–Crippen MR) is 87.4 cm³/mol. The average molecular weight is 327 g/mol. The van der Waals surface area contributed by atoms with Gasteiger partial charge < -0.3 is 5.32 Å². The van der Waals surface area contributed by atoms with Crippen LogP contribution in [0.2, 0.25) is 0 Å². The predicted octanol–water partition coefficient (Wildman–Crippen LogP) is 0.344. The Morgan fingerprint density at radius 2 is 2.25 bits per heavy atom. The molecule has 0 radical (unpaired) electrons. The van der Waals surface area contributed by atoms with E-state index in [0.717, 1.165) is 30.7 Å². The zero-order valence-corrected chi connectivity index (χ0v) is 13.8. The van der Waals surface area contributed by atoms with Crippen molar-refractivity contribution in [3.05, 3.63) is 45.4 Å². The summed E-state index contributed by atoms with van der Waals surface area (Å²) in [7, 11) is 1.64. The number of fused-ring (bicyclic) bond motifs is 2. The van der Waals surface area contributed by atoms with Gasteiger partial charge in [-0.2, -0.15) is 5.10 Å². The van der Waals surface area contributed by atoms with Gasteiger partial charge in [-0.05, 0) is 36.8 Å². The summed E-state index contributed by atoms with van der Waals surface area (Å²) in [5.41, 5.74) is 3.40. The smallest absolute Gasteiger partial charge is 0.345 e. The third-order valence-corrected chi connectivity index (χ3v) is 5.02. The molecule has 1 atom stereocenters. The second-order valence-electron chi connectivity index (χ2n) is 6.69. The first kappa shape index (κ1) is 15.1. The van der Waals surface area contributed by atoms with Gasteiger partial charge in [0.1, 0.15) is 5.82 Å². The summed E-state index contributed by atoms with van der Waals surface area (Å²) < 4.78 is 2.95. The summed E-state index contributed by atoms with van der Waals surface area (Å²) in [6, 6.07) is 2.15. The summed E-state index contributed by atoms with van der Waals surface area (Å²) in [6.07, 6.45) is 6.56. The van der Waals surface area contributed by atoms with Crippen molar-refractivity contribution in [2.75, 3.05) is 0 Å². The molecule has 2 aromatic heterocycles. The van der Waals surface area contributed by atoms with Crippen molar-refractivity contribution in [1.82, 2.24) is 24.6 Å². The maximum Gasteiger partial charge on any atom is 0.345 e. The minimum atomic E-state index is -0.179.